The zero-order chi connectivity index (χ0) is 23.9. The standard InChI is InChI=1S/C31H42F2O/c1-3-5-7-8-9-10-22-11-12-24-19-25(14-13-23(24)18-22)26-15-16-27-21-29(34-17-6-4-2)31(33)30(32)28(27)20-26/h4,6,15-16,20-25H,3,5,7-14,17-19H2,1-2H3/b6-4+. The van der Waals surface area contributed by atoms with Gasteiger partial charge in [-0.1, -0.05) is 76.2 Å². The van der Waals surface area contributed by atoms with Crippen LogP contribution in [-0.2, 0) is 0 Å². The largest absolute Gasteiger partial charge is 0.486 e. The van der Waals surface area contributed by atoms with Crippen LogP contribution < -0.4 is 4.74 Å². The number of rotatable bonds is 10. The molecule has 0 N–H and O–H groups in total. The molecule has 2 aliphatic carbocycles. The van der Waals surface area contributed by atoms with Crippen molar-refractivity contribution in [1.82, 2.24) is 0 Å². The summed E-state index contributed by atoms with van der Waals surface area (Å²) in [5, 5.41) is 1.08. The van der Waals surface area contributed by atoms with Crippen LogP contribution in [-0.4, -0.2) is 6.61 Å². The van der Waals surface area contributed by atoms with E-state index in [1.807, 2.05) is 25.1 Å². The first kappa shape index (κ1) is 25.2. The van der Waals surface area contributed by atoms with E-state index in [1.165, 1.54) is 82.6 Å². The minimum atomic E-state index is -0.883. The molecule has 4 rings (SSSR count). The highest BCUT2D eigenvalue weighted by Gasteiger charge is 2.36. The van der Waals surface area contributed by atoms with Crippen LogP contribution in [0, 0.1) is 29.4 Å². The summed E-state index contributed by atoms with van der Waals surface area (Å²) in [4.78, 5) is 0. The van der Waals surface area contributed by atoms with Crippen molar-refractivity contribution in [2.75, 3.05) is 6.61 Å². The lowest BCUT2D eigenvalue weighted by molar-refractivity contribution is 0.113. The van der Waals surface area contributed by atoms with Gasteiger partial charge in [-0.15, -0.1) is 0 Å². The minimum Gasteiger partial charge on any atom is -0.486 e. The number of unbranched alkanes of at least 4 members (excludes halogenated alkanes) is 4. The molecular formula is C31H42F2O. The van der Waals surface area contributed by atoms with Crippen molar-refractivity contribution in [3.8, 4) is 5.75 Å². The van der Waals surface area contributed by atoms with Gasteiger partial charge in [0.05, 0.1) is 0 Å². The monoisotopic (exact) mass is 468 g/mol. The van der Waals surface area contributed by atoms with Crippen LogP contribution in [0.4, 0.5) is 8.78 Å². The molecule has 0 bridgehead atoms. The molecule has 34 heavy (non-hydrogen) atoms. The van der Waals surface area contributed by atoms with Gasteiger partial charge in [-0.3, -0.25) is 0 Å². The van der Waals surface area contributed by atoms with Crippen molar-refractivity contribution in [3.05, 3.63) is 53.6 Å². The molecule has 2 aromatic carbocycles. The predicted molar refractivity (Wildman–Crippen MR) is 138 cm³/mol. The van der Waals surface area contributed by atoms with E-state index in [0.717, 1.165) is 17.8 Å². The molecule has 0 saturated heterocycles. The highest BCUT2D eigenvalue weighted by atomic mass is 19.2. The van der Waals surface area contributed by atoms with Gasteiger partial charge in [0, 0.05) is 5.39 Å². The van der Waals surface area contributed by atoms with Crippen molar-refractivity contribution in [1.29, 1.82) is 0 Å². The highest BCUT2D eigenvalue weighted by molar-refractivity contribution is 5.85. The summed E-state index contributed by atoms with van der Waals surface area (Å²) in [5.41, 5.74) is 1.17. The molecule has 2 fully saturated rings. The van der Waals surface area contributed by atoms with Crippen LogP contribution in [0.15, 0.2) is 36.4 Å². The molecule has 2 aromatic rings. The van der Waals surface area contributed by atoms with Crippen LogP contribution in [0.25, 0.3) is 10.8 Å². The zero-order valence-electron chi connectivity index (χ0n) is 21.1. The van der Waals surface area contributed by atoms with Gasteiger partial charge in [0.25, 0.3) is 0 Å². The Morgan fingerprint density at radius 2 is 1.71 bits per heavy atom. The second-order valence-electron chi connectivity index (χ2n) is 10.8. The SMILES string of the molecule is C/C=C/COc1cc2ccc(C3CCC4CC(CCCCCCC)CCC4C3)cc2c(F)c1F. The van der Waals surface area contributed by atoms with Crippen molar-refractivity contribution in [2.24, 2.45) is 17.8 Å². The van der Waals surface area contributed by atoms with Gasteiger partial charge in [0.1, 0.15) is 6.61 Å². The molecule has 0 aromatic heterocycles. The van der Waals surface area contributed by atoms with E-state index in [-0.39, 0.29) is 12.4 Å². The number of benzene rings is 2. The molecule has 3 heteroatoms. The molecule has 2 aliphatic rings. The Labute approximate surface area is 205 Å². The number of hydrogen-bond acceptors (Lipinski definition) is 1. The van der Waals surface area contributed by atoms with Crippen molar-refractivity contribution in [3.63, 3.8) is 0 Å². The molecule has 0 heterocycles. The summed E-state index contributed by atoms with van der Waals surface area (Å²) in [6, 6.07) is 7.59. The number of halogens is 2. The van der Waals surface area contributed by atoms with Crippen molar-refractivity contribution >= 4 is 10.8 Å². The maximum atomic E-state index is 14.9. The van der Waals surface area contributed by atoms with Crippen LogP contribution in [0.2, 0.25) is 0 Å². The lowest BCUT2D eigenvalue weighted by Crippen LogP contribution is -2.30. The van der Waals surface area contributed by atoms with E-state index in [9.17, 15) is 8.78 Å². The Morgan fingerprint density at radius 3 is 2.53 bits per heavy atom. The average Bonchev–Trinajstić information content (AvgIpc) is 2.86. The third-order valence-electron chi connectivity index (χ3n) is 8.49. The predicted octanol–water partition coefficient (Wildman–Crippen LogP) is 9.73. The van der Waals surface area contributed by atoms with Gasteiger partial charge >= 0.3 is 0 Å². The Bertz CT molecular complexity index is 966. The van der Waals surface area contributed by atoms with E-state index in [0.29, 0.717) is 16.7 Å². The second kappa shape index (κ2) is 12.2. The van der Waals surface area contributed by atoms with Gasteiger partial charge in [0.15, 0.2) is 11.6 Å². The quantitative estimate of drug-likeness (QED) is 0.249. The number of hydrogen-bond donors (Lipinski definition) is 0. The van der Waals surface area contributed by atoms with Crippen LogP contribution in [0.1, 0.15) is 102 Å². The smallest absolute Gasteiger partial charge is 0.201 e. The molecule has 1 nitrogen and oxygen atoms in total. The Morgan fingerprint density at radius 1 is 0.912 bits per heavy atom. The second-order valence-corrected chi connectivity index (χ2v) is 10.8. The highest BCUT2D eigenvalue weighted by Crippen LogP contribution is 2.48. The summed E-state index contributed by atoms with van der Waals surface area (Å²) in [5.74, 6) is 1.38. The molecule has 186 valence electrons. The molecule has 4 unspecified atom stereocenters. The Kier molecular flexibility index (Phi) is 9.03. The molecule has 0 amide bonds. The third-order valence-corrected chi connectivity index (χ3v) is 8.49. The van der Waals surface area contributed by atoms with E-state index >= 15 is 0 Å². The maximum Gasteiger partial charge on any atom is 0.201 e. The van der Waals surface area contributed by atoms with Crippen molar-refractivity contribution < 1.29 is 13.5 Å². The normalized spacial score (nSPS) is 25.1. The minimum absolute atomic E-state index is 0.0153. The fourth-order valence-corrected chi connectivity index (χ4v) is 6.50. The Hall–Kier alpha value is -1.90. The van der Waals surface area contributed by atoms with Crippen LogP contribution in [0.3, 0.4) is 0 Å². The summed E-state index contributed by atoms with van der Waals surface area (Å²) in [6.45, 7) is 4.39. The lowest BCUT2D eigenvalue weighted by atomic mass is 9.63. The average molecular weight is 469 g/mol. The first-order chi connectivity index (χ1) is 16.6. The fourth-order valence-electron chi connectivity index (χ4n) is 6.50. The van der Waals surface area contributed by atoms with Crippen LogP contribution >= 0.6 is 0 Å². The molecule has 0 aliphatic heterocycles. The van der Waals surface area contributed by atoms with E-state index in [2.05, 4.69) is 13.0 Å². The van der Waals surface area contributed by atoms with Gasteiger partial charge in [0.2, 0.25) is 5.82 Å². The van der Waals surface area contributed by atoms with E-state index < -0.39 is 11.6 Å². The van der Waals surface area contributed by atoms with Gasteiger partial charge in [-0.05, 0) is 85.8 Å². The summed E-state index contributed by atoms with van der Waals surface area (Å²) < 4.78 is 35.0. The number of allylic oxidation sites excluding steroid dienone is 1. The van der Waals surface area contributed by atoms with Gasteiger partial charge < -0.3 is 4.74 Å². The maximum absolute atomic E-state index is 14.9. The van der Waals surface area contributed by atoms with Gasteiger partial charge in [-0.25, -0.2) is 4.39 Å². The first-order valence-corrected chi connectivity index (χ1v) is 13.8. The van der Waals surface area contributed by atoms with E-state index in [4.69, 9.17) is 4.74 Å². The number of ether oxygens (including phenoxy) is 1. The van der Waals surface area contributed by atoms with E-state index in [1.54, 1.807) is 12.1 Å². The summed E-state index contributed by atoms with van der Waals surface area (Å²) in [7, 11) is 0. The first-order valence-electron chi connectivity index (χ1n) is 13.8. The lowest BCUT2D eigenvalue weighted by Gasteiger charge is -2.42. The van der Waals surface area contributed by atoms with Crippen molar-refractivity contribution in [2.45, 2.75) is 96.8 Å². The molecular weight excluding hydrogens is 426 g/mol. The molecule has 4 atom stereocenters. The van der Waals surface area contributed by atoms with Gasteiger partial charge in [-0.2, -0.15) is 4.39 Å². The molecule has 0 radical (unpaired) electrons. The Balaban J connectivity index is 1.37. The summed E-state index contributed by atoms with van der Waals surface area (Å²) in [6.07, 6.45) is 19.8. The van der Waals surface area contributed by atoms with Crippen LogP contribution in [0.5, 0.6) is 5.75 Å². The summed E-state index contributed by atoms with van der Waals surface area (Å²) >= 11 is 0. The molecule has 0 spiro atoms. The third kappa shape index (κ3) is 6.01. The molecule has 2 saturated carbocycles. The zero-order valence-corrected chi connectivity index (χ0v) is 21.1. The topological polar surface area (TPSA) is 9.23 Å². The fraction of sp³-hybridized carbons (Fsp3) is 0.613. The number of fused-ring (bicyclic) bond motifs is 2.